The van der Waals surface area contributed by atoms with Crippen LogP contribution < -0.4 is 5.32 Å². The van der Waals surface area contributed by atoms with Gasteiger partial charge in [-0.1, -0.05) is 35.0 Å². The van der Waals surface area contributed by atoms with Crippen molar-refractivity contribution in [1.82, 2.24) is 25.9 Å². The van der Waals surface area contributed by atoms with Gasteiger partial charge in [-0.15, -0.1) is 21.5 Å². The summed E-state index contributed by atoms with van der Waals surface area (Å²) in [5.41, 5.74) is 0. The summed E-state index contributed by atoms with van der Waals surface area (Å²) in [5.74, 6) is 0.184. The molecule has 2 N–H and O–H groups in total. The van der Waals surface area contributed by atoms with Crippen molar-refractivity contribution in [3.8, 4) is 0 Å². The average molecular weight is 308 g/mol. The number of tetrazole rings is 1. The van der Waals surface area contributed by atoms with Crippen molar-refractivity contribution < 1.29 is 4.79 Å². The van der Waals surface area contributed by atoms with Crippen molar-refractivity contribution in [2.45, 2.75) is 13.0 Å². The Hall–Kier alpha value is -1.99. The fourth-order valence-corrected chi connectivity index (χ4v) is 3.26. The third-order valence-corrected chi connectivity index (χ3v) is 4.51. The number of benzene rings is 1. The van der Waals surface area contributed by atoms with Gasteiger partial charge in [0.05, 0.1) is 11.1 Å². The molecule has 1 unspecified atom stereocenters. The molecule has 0 bridgehead atoms. The van der Waals surface area contributed by atoms with Crippen LogP contribution in [0.2, 0.25) is 5.02 Å². The number of carbonyl (C=O) groups is 1. The van der Waals surface area contributed by atoms with Crippen molar-refractivity contribution in [2.75, 3.05) is 0 Å². The average Bonchev–Trinajstić information content (AvgIpc) is 3.07. The highest BCUT2D eigenvalue weighted by Gasteiger charge is 2.20. The number of carbonyl (C=O) groups excluding carboxylic acids is 1. The zero-order valence-corrected chi connectivity index (χ0v) is 12.0. The molecule has 6 nitrogen and oxygen atoms in total. The topological polar surface area (TPSA) is 83.6 Å². The summed E-state index contributed by atoms with van der Waals surface area (Å²) in [6, 6.07) is 7.30. The van der Waals surface area contributed by atoms with E-state index in [1.54, 1.807) is 6.92 Å². The Morgan fingerprint density at radius 1 is 1.45 bits per heavy atom. The molecule has 2 heterocycles. The number of aromatic nitrogens is 4. The van der Waals surface area contributed by atoms with Gasteiger partial charge in [0.15, 0.2) is 5.82 Å². The van der Waals surface area contributed by atoms with Crippen molar-refractivity contribution in [2.24, 2.45) is 0 Å². The molecule has 1 aromatic carbocycles. The van der Waals surface area contributed by atoms with Gasteiger partial charge in [0.25, 0.3) is 5.91 Å². The van der Waals surface area contributed by atoms with Crippen LogP contribution in [0.5, 0.6) is 0 Å². The predicted octanol–water partition coefficient (Wildman–Crippen LogP) is 2.56. The minimum Gasteiger partial charge on any atom is -0.341 e. The van der Waals surface area contributed by atoms with Crippen LogP contribution in [0.4, 0.5) is 0 Å². The second-order valence-electron chi connectivity index (χ2n) is 4.21. The second-order valence-corrected chi connectivity index (χ2v) is 5.64. The molecule has 1 atom stereocenters. The SMILES string of the molecule is CC(NC(=O)c1sc2ccccc2c1Cl)c1nn[nH]n1. The molecular weight excluding hydrogens is 298 g/mol. The summed E-state index contributed by atoms with van der Waals surface area (Å²) in [7, 11) is 0. The van der Waals surface area contributed by atoms with Crippen LogP contribution in [0.1, 0.15) is 28.5 Å². The van der Waals surface area contributed by atoms with Crippen molar-refractivity contribution in [3.63, 3.8) is 0 Å². The lowest BCUT2D eigenvalue weighted by Crippen LogP contribution is -2.26. The quantitative estimate of drug-likeness (QED) is 0.779. The van der Waals surface area contributed by atoms with Gasteiger partial charge in [-0.05, 0) is 13.0 Å². The van der Waals surface area contributed by atoms with Crippen LogP contribution in [0, 0.1) is 0 Å². The zero-order valence-electron chi connectivity index (χ0n) is 10.4. The minimum atomic E-state index is -0.345. The number of hydrogen-bond donors (Lipinski definition) is 2. The monoisotopic (exact) mass is 307 g/mol. The van der Waals surface area contributed by atoms with Gasteiger partial charge in [0.2, 0.25) is 0 Å². The molecule has 102 valence electrons. The van der Waals surface area contributed by atoms with Crippen LogP contribution in [-0.4, -0.2) is 26.5 Å². The van der Waals surface area contributed by atoms with Gasteiger partial charge in [-0.25, -0.2) is 0 Å². The number of hydrogen-bond acceptors (Lipinski definition) is 5. The van der Waals surface area contributed by atoms with Gasteiger partial charge in [0, 0.05) is 10.1 Å². The molecule has 0 aliphatic heterocycles. The Kier molecular flexibility index (Phi) is 3.37. The number of nitrogens with zero attached hydrogens (tertiary/aromatic N) is 3. The molecule has 3 aromatic rings. The fraction of sp³-hybridized carbons (Fsp3) is 0.167. The maximum Gasteiger partial charge on any atom is 0.263 e. The predicted molar refractivity (Wildman–Crippen MR) is 76.9 cm³/mol. The highest BCUT2D eigenvalue weighted by Crippen LogP contribution is 2.35. The summed E-state index contributed by atoms with van der Waals surface area (Å²) in [4.78, 5) is 12.8. The number of amides is 1. The first kappa shape index (κ1) is 13.0. The van der Waals surface area contributed by atoms with E-state index in [2.05, 4.69) is 25.9 Å². The van der Waals surface area contributed by atoms with Gasteiger partial charge < -0.3 is 5.32 Å². The normalized spacial score (nSPS) is 12.5. The minimum absolute atomic E-state index is 0.242. The molecule has 0 aliphatic carbocycles. The van der Waals surface area contributed by atoms with Gasteiger partial charge >= 0.3 is 0 Å². The summed E-state index contributed by atoms with van der Waals surface area (Å²) < 4.78 is 0.981. The fourth-order valence-electron chi connectivity index (χ4n) is 1.84. The first-order chi connectivity index (χ1) is 9.66. The Bertz CT molecular complexity index is 754. The van der Waals surface area contributed by atoms with E-state index in [4.69, 9.17) is 11.6 Å². The first-order valence-electron chi connectivity index (χ1n) is 5.88. The largest absolute Gasteiger partial charge is 0.341 e. The Balaban J connectivity index is 1.87. The molecule has 20 heavy (non-hydrogen) atoms. The molecule has 2 aromatic heterocycles. The summed E-state index contributed by atoms with van der Waals surface area (Å²) >= 11 is 7.62. The van der Waals surface area contributed by atoms with Crippen LogP contribution in [0.25, 0.3) is 10.1 Å². The molecular formula is C12H10ClN5OS. The highest BCUT2D eigenvalue weighted by atomic mass is 35.5. The number of aromatic amines is 1. The number of nitrogens with one attached hydrogen (secondary N) is 2. The van der Waals surface area contributed by atoms with Gasteiger partial charge in [-0.3, -0.25) is 4.79 Å². The van der Waals surface area contributed by atoms with Crippen LogP contribution >= 0.6 is 22.9 Å². The maximum absolute atomic E-state index is 12.3. The number of thiophene rings is 1. The molecule has 1 amide bonds. The van der Waals surface area contributed by atoms with E-state index in [1.807, 2.05) is 24.3 Å². The van der Waals surface area contributed by atoms with E-state index < -0.39 is 0 Å². The van der Waals surface area contributed by atoms with E-state index in [1.165, 1.54) is 11.3 Å². The molecule has 3 rings (SSSR count). The molecule has 0 aliphatic rings. The molecule has 8 heteroatoms. The number of H-pyrrole nitrogens is 1. The number of rotatable bonds is 3. The van der Waals surface area contributed by atoms with E-state index in [9.17, 15) is 4.79 Å². The summed E-state index contributed by atoms with van der Waals surface area (Å²) in [5, 5.41) is 17.7. The van der Waals surface area contributed by atoms with E-state index in [-0.39, 0.29) is 11.9 Å². The second kappa shape index (κ2) is 5.18. The van der Waals surface area contributed by atoms with Gasteiger partial charge in [-0.2, -0.15) is 5.21 Å². The zero-order chi connectivity index (χ0) is 14.1. The lowest BCUT2D eigenvalue weighted by molar-refractivity contribution is 0.0942. The van der Waals surface area contributed by atoms with Crippen molar-refractivity contribution in [3.05, 3.63) is 40.0 Å². The Morgan fingerprint density at radius 3 is 2.95 bits per heavy atom. The lowest BCUT2D eigenvalue weighted by atomic mass is 10.2. The Labute approximate surface area is 123 Å². The maximum atomic E-state index is 12.3. The first-order valence-corrected chi connectivity index (χ1v) is 7.07. The lowest BCUT2D eigenvalue weighted by Gasteiger charge is -2.08. The van der Waals surface area contributed by atoms with Gasteiger partial charge in [0.1, 0.15) is 4.88 Å². The van der Waals surface area contributed by atoms with E-state index in [0.717, 1.165) is 10.1 Å². The molecule has 0 saturated carbocycles. The third-order valence-electron chi connectivity index (χ3n) is 2.84. The smallest absolute Gasteiger partial charge is 0.263 e. The number of halogens is 1. The molecule has 0 spiro atoms. The van der Waals surface area contributed by atoms with Crippen LogP contribution in [0.3, 0.4) is 0 Å². The molecule has 0 radical (unpaired) electrons. The van der Waals surface area contributed by atoms with Crippen molar-refractivity contribution in [1.29, 1.82) is 0 Å². The van der Waals surface area contributed by atoms with Crippen LogP contribution in [0.15, 0.2) is 24.3 Å². The standard InChI is InChI=1S/C12H10ClN5OS/c1-6(11-15-17-18-16-11)14-12(19)10-9(13)7-4-2-3-5-8(7)20-10/h2-6H,1H3,(H,14,19)(H,15,16,17,18). The van der Waals surface area contributed by atoms with E-state index in [0.29, 0.717) is 15.7 Å². The third kappa shape index (κ3) is 2.25. The molecule has 0 saturated heterocycles. The molecule has 0 fully saturated rings. The summed E-state index contributed by atoms with van der Waals surface area (Å²) in [6.45, 7) is 1.78. The van der Waals surface area contributed by atoms with E-state index >= 15 is 0 Å². The van der Waals surface area contributed by atoms with Crippen LogP contribution in [-0.2, 0) is 0 Å². The summed E-state index contributed by atoms with van der Waals surface area (Å²) in [6.07, 6.45) is 0. The number of fused-ring (bicyclic) bond motifs is 1. The highest BCUT2D eigenvalue weighted by molar-refractivity contribution is 7.21. The van der Waals surface area contributed by atoms with Crippen molar-refractivity contribution >= 4 is 38.9 Å². The Morgan fingerprint density at radius 2 is 2.25 bits per heavy atom.